The van der Waals surface area contributed by atoms with Gasteiger partial charge in [-0.25, -0.2) is 4.79 Å². The van der Waals surface area contributed by atoms with E-state index in [4.69, 9.17) is 5.11 Å². The summed E-state index contributed by atoms with van der Waals surface area (Å²) in [7, 11) is 0. The molecule has 102 valence electrons. The summed E-state index contributed by atoms with van der Waals surface area (Å²) in [5, 5.41) is 12.9. The van der Waals surface area contributed by atoms with Crippen LogP contribution in [-0.2, 0) is 9.59 Å². The van der Waals surface area contributed by atoms with E-state index in [9.17, 15) is 14.4 Å². The number of rotatable bonds is 4. The Bertz CT molecular complexity index is 521. The molecule has 0 saturated heterocycles. The second-order valence-electron chi connectivity index (χ2n) is 3.52. The number of carboxylic acid groups (broad SMARTS) is 1. The topological polar surface area (TPSA) is 95.5 Å². The molecule has 6 nitrogen and oxygen atoms in total. The number of benzene rings is 1. The fourth-order valence-corrected chi connectivity index (χ4v) is 1.91. The maximum atomic E-state index is 11.5. The summed E-state index contributed by atoms with van der Waals surface area (Å²) in [6, 6.07) is 4.48. The Kier molecular flexibility index (Phi) is 6.22. The van der Waals surface area contributed by atoms with Crippen molar-refractivity contribution < 1.29 is 19.5 Å². The number of hydrogen-bond donors (Lipinski definition) is 3. The van der Waals surface area contributed by atoms with E-state index in [1.165, 1.54) is 0 Å². The van der Waals surface area contributed by atoms with Crippen LogP contribution < -0.4 is 10.6 Å². The van der Waals surface area contributed by atoms with Gasteiger partial charge in [-0.1, -0.05) is 0 Å². The average Bonchev–Trinajstić information content (AvgIpc) is 2.31. The average molecular weight is 441 g/mol. The molecule has 0 aliphatic rings. The Morgan fingerprint density at radius 2 is 1.95 bits per heavy atom. The van der Waals surface area contributed by atoms with E-state index < -0.39 is 17.9 Å². The minimum absolute atomic E-state index is 0.235. The minimum Gasteiger partial charge on any atom is -0.481 e. The molecule has 0 fully saturated rings. The van der Waals surface area contributed by atoms with Gasteiger partial charge in [0, 0.05) is 20.2 Å². The van der Waals surface area contributed by atoms with Crippen molar-refractivity contribution in [3.63, 3.8) is 0 Å². The van der Waals surface area contributed by atoms with Gasteiger partial charge in [-0.2, -0.15) is 0 Å². The summed E-state index contributed by atoms with van der Waals surface area (Å²) in [6.07, 6.45) is -0.546. The number of anilines is 1. The molecule has 1 aromatic carbocycles. The maximum Gasteiger partial charge on any atom is 0.325 e. The first-order chi connectivity index (χ1) is 8.88. The third kappa shape index (κ3) is 6.01. The molecule has 8 heteroatoms. The summed E-state index contributed by atoms with van der Waals surface area (Å²) in [5.74, 6) is -1.72. The number of urea groups is 1. The van der Waals surface area contributed by atoms with Gasteiger partial charge in [0.1, 0.15) is 0 Å². The van der Waals surface area contributed by atoms with E-state index in [-0.39, 0.29) is 12.8 Å². The molecule has 0 heterocycles. The quantitative estimate of drug-likeness (QED) is 0.627. The first kappa shape index (κ1) is 15.9. The third-order valence-electron chi connectivity index (χ3n) is 2.00. The van der Waals surface area contributed by atoms with Crippen LogP contribution in [0.2, 0.25) is 0 Å². The molecule has 0 aliphatic carbocycles. The fraction of sp³-hybridized carbons (Fsp3) is 0.182. The smallest absolute Gasteiger partial charge is 0.325 e. The van der Waals surface area contributed by atoms with Crippen LogP contribution in [0.25, 0.3) is 0 Å². The van der Waals surface area contributed by atoms with Crippen molar-refractivity contribution in [2.45, 2.75) is 12.8 Å². The van der Waals surface area contributed by atoms with Crippen LogP contribution in [0.4, 0.5) is 10.5 Å². The Morgan fingerprint density at radius 1 is 1.26 bits per heavy atom. The van der Waals surface area contributed by atoms with Gasteiger partial charge in [0.05, 0.1) is 6.42 Å². The van der Waals surface area contributed by atoms with Gasteiger partial charge in [0.2, 0.25) is 5.91 Å². The van der Waals surface area contributed by atoms with Gasteiger partial charge in [-0.05, 0) is 56.7 Å². The van der Waals surface area contributed by atoms with Crippen molar-refractivity contribution in [1.29, 1.82) is 0 Å². The number of hydrogen-bond acceptors (Lipinski definition) is 3. The van der Waals surface area contributed by atoms with Crippen molar-refractivity contribution in [2.75, 3.05) is 5.32 Å². The predicted octanol–water partition coefficient (Wildman–Crippen LogP) is 2.57. The van der Waals surface area contributed by atoms with Gasteiger partial charge in [0.25, 0.3) is 0 Å². The zero-order valence-corrected chi connectivity index (χ0v) is 13.3. The van der Waals surface area contributed by atoms with Crippen molar-refractivity contribution in [3.8, 4) is 0 Å². The SMILES string of the molecule is O=C(O)CCC(=O)NC(=O)Nc1ccc(Br)c(I)c1. The summed E-state index contributed by atoms with van der Waals surface area (Å²) < 4.78 is 1.81. The number of carboxylic acids is 1. The zero-order chi connectivity index (χ0) is 14.4. The molecule has 0 spiro atoms. The predicted molar refractivity (Wildman–Crippen MR) is 80.9 cm³/mol. The summed E-state index contributed by atoms with van der Waals surface area (Å²) in [4.78, 5) is 32.9. The molecule has 0 atom stereocenters. The lowest BCUT2D eigenvalue weighted by Crippen LogP contribution is -2.34. The zero-order valence-electron chi connectivity index (χ0n) is 9.57. The first-order valence-corrected chi connectivity index (χ1v) is 7.03. The number of imide groups is 1. The summed E-state index contributed by atoms with van der Waals surface area (Å²) in [6.45, 7) is 0. The van der Waals surface area contributed by atoms with E-state index in [2.05, 4.69) is 49.2 Å². The van der Waals surface area contributed by atoms with Crippen LogP contribution in [0.15, 0.2) is 22.7 Å². The van der Waals surface area contributed by atoms with Crippen molar-refractivity contribution in [1.82, 2.24) is 5.32 Å². The van der Waals surface area contributed by atoms with Crippen LogP contribution in [0.3, 0.4) is 0 Å². The number of carbonyl (C=O) groups is 3. The molecule has 0 saturated carbocycles. The molecule has 0 aliphatic heterocycles. The van der Waals surface area contributed by atoms with Gasteiger partial charge >= 0.3 is 12.0 Å². The first-order valence-electron chi connectivity index (χ1n) is 5.16. The normalized spacial score (nSPS) is 9.79. The largest absolute Gasteiger partial charge is 0.481 e. The monoisotopic (exact) mass is 440 g/mol. The second-order valence-corrected chi connectivity index (χ2v) is 5.54. The van der Waals surface area contributed by atoms with Gasteiger partial charge in [-0.3, -0.25) is 14.9 Å². The lowest BCUT2D eigenvalue weighted by Gasteiger charge is -2.07. The number of carbonyl (C=O) groups excluding carboxylic acids is 2. The third-order valence-corrected chi connectivity index (χ3v) is 4.32. The molecule has 1 rings (SSSR count). The molecule has 1 aromatic rings. The van der Waals surface area contributed by atoms with E-state index >= 15 is 0 Å². The van der Waals surface area contributed by atoms with E-state index in [0.29, 0.717) is 5.69 Å². The highest BCUT2D eigenvalue weighted by Gasteiger charge is 2.10. The molecular formula is C11H10BrIN2O4. The Hall–Kier alpha value is -1.16. The fourth-order valence-electron chi connectivity index (χ4n) is 1.15. The number of aliphatic carboxylic acids is 1. The molecule has 3 amide bonds. The Balaban J connectivity index is 2.48. The maximum absolute atomic E-state index is 11.5. The summed E-state index contributed by atoms with van der Waals surface area (Å²) >= 11 is 5.42. The van der Waals surface area contributed by atoms with Crippen molar-refractivity contribution in [2.24, 2.45) is 0 Å². The van der Waals surface area contributed by atoms with E-state index in [1.54, 1.807) is 18.2 Å². The van der Waals surface area contributed by atoms with E-state index in [1.807, 2.05) is 0 Å². The second kappa shape index (κ2) is 7.43. The van der Waals surface area contributed by atoms with E-state index in [0.717, 1.165) is 8.04 Å². The molecular weight excluding hydrogens is 431 g/mol. The molecule has 19 heavy (non-hydrogen) atoms. The lowest BCUT2D eigenvalue weighted by molar-refractivity contribution is -0.138. The van der Waals surface area contributed by atoms with Gasteiger partial charge in [-0.15, -0.1) is 0 Å². The lowest BCUT2D eigenvalue weighted by atomic mass is 10.3. The van der Waals surface area contributed by atoms with Crippen LogP contribution in [-0.4, -0.2) is 23.0 Å². The van der Waals surface area contributed by atoms with Gasteiger partial charge < -0.3 is 10.4 Å². The number of nitrogens with one attached hydrogen (secondary N) is 2. The number of amides is 3. The Labute approximate surface area is 131 Å². The Morgan fingerprint density at radius 3 is 2.53 bits per heavy atom. The summed E-state index contributed by atoms with van der Waals surface area (Å²) in [5.41, 5.74) is 0.538. The highest BCUT2D eigenvalue weighted by atomic mass is 127. The van der Waals surface area contributed by atoms with Crippen LogP contribution in [0, 0.1) is 3.57 Å². The van der Waals surface area contributed by atoms with Crippen molar-refractivity contribution >= 4 is 62.1 Å². The standard InChI is InChI=1S/C11H10BrIN2O4/c12-7-2-1-6(5-8(7)13)14-11(19)15-9(16)3-4-10(17)18/h1-2,5H,3-4H2,(H,17,18)(H2,14,15,16,19). The molecule has 0 bridgehead atoms. The molecule has 3 N–H and O–H groups in total. The highest BCUT2D eigenvalue weighted by molar-refractivity contribution is 14.1. The van der Waals surface area contributed by atoms with Crippen molar-refractivity contribution in [3.05, 3.63) is 26.2 Å². The van der Waals surface area contributed by atoms with Crippen LogP contribution in [0.5, 0.6) is 0 Å². The highest BCUT2D eigenvalue weighted by Crippen LogP contribution is 2.22. The molecule has 0 radical (unpaired) electrons. The minimum atomic E-state index is -1.09. The number of halogens is 2. The molecule has 0 aromatic heterocycles. The van der Waals surface area contributed by atoms with Crippen LogP contribution in [0.1, 0.15) is 12.8 Å². The van der Waals surface area contributed by atoms with Gasteiger partial charge in [0.15, 0.2) is 0 Å². The molecule has 0 unspecified atom stereocenters. The van der Waals surface area contributed by atoms with Crippen LogP contribution >= 0.6 is 38.5 Å².